The van der Waals surface area contributed by atoms with Crippen LogP contribution >= 0.6 is 15.9 Å². The maximum absolute atomic E-state index is 5.34. The summed E-state index contributed by atoms with van der Waals surface area (Å²) in [5, 5.41) is 0. The minimum absolute atomic E-state index is 0.277. The molecule has 0 N–H and O–H groups in total. The fraction of sp³-hybridized carbons (Fsp3) is 0.615. The van der Waals surface area contributed by atoms with Gasteiger partial charge in [0.1, 0.15) is 5.82 Å². The molecule has 1 aromatic heterocycles. The number of nitrogens with zero attached hydrogens (tertiary/aromatic N) is 3. The number of pyridine rings is 1. The van der Waals surface area contributed by atoms with Gasteiger partial charge in [-0.1, -0.05) is 0 Å². The summed E-state index contributed by atoms with van der Waals surface area (Å²) in [6, 6.07) is 4.13. The van der Waals surface area contributed by atoms with E-state index >= 15 is 0 Å². The summed E-state index contributed by atoms with van der Waals surface area (Å²) in [4.78, 5) is 9.36. The molecule has 0 spiro atoms. The van der Waals surface area contributed by atoms with Crippen molar-refractivity contribution in [1.82, 2.24) is 9.88 Å². The first-order valence-corrected chi connectivity index (χ1v) is 7.16. The number of hydrogen-bond donors (Lipinski definition) is 0. The third-order valence-corrected chi connectivity index (χ3v) is 4.37. The Bertz CT molecular complexity index is 411. The molecule has 2 saturated heterocycles. The highest BCUT2D eigenvalue weighted by atomic mass is 79.9. The zero-order valence-electron chi connectivity index (χ0n) is 10.6. The van der Waals surface area contributed by atoms with Gasteiger partial charge in [0, 0.05) is 36.8 Å². The van der Waals surface area contributed by atoms with Gasteiger partial charge < -0.3 is 9.64 Å². The lowest BCUT2D eigenvalue weighted by Gasteiger charge is -2.50. The Morgan fingerprint density at radius 3 is 2.44 bits per heavy atom. The molecule has 0 radical (unpaired) electrons. The number of hydrogen-bond acceptors (Lipinski definition) is 4. The van der Waals surface area contributed by atoms with Crippen molar-refractivity contribution >= 4 is 21.7 Å². The highest BCUT2D eigenvalue weighted by Gasteiger charge is 2.40. The number of halogens is 1. The van der Waals surface area contributed by atoms with Gasteiger partial charge in [0.25, 0.3) is 0 Å². The molecule has 0 aliphatic carbocycles. The van der Waals surface area contributed by atoms with E-state index in [-0.39, 0.29) is 5.54 Å². The topological polar surface area (TPSA) is 28.6 Å². The quantitative estimate of drug-likeness (QED) is 0.832. The minimum atomic E-state index is 0.277. The molecule has 0 amide bonds. The Kier molecular flexibility index (Phi) is 3.30. The van der Waals surface area contributed by atoms with E-state index in [1.165, 1.54) is 0 Å². The van der Waals surface area contributed by atoms with E-state index in [0.717, 1.165) is 49.7 Å². The van der Waals surface area contributed by atoms with Crippen LogP contribution in [0.2, 0.25) is 0 Å². The summed E-state index contributed by atoms with van der Waals surface area (Å²) in [6.45, 7) is 8.33. The molecule has 5 heteroatoms. The van der Waals surface area contributed by atoms with Crippen LogP contribution in [0.4, 0.5) is 5.82 Å². The van der Waals surface area contributed by atoms with E-state index in [9.17, 15) is 0 Å². The SMILES string of the molecule is CC1(N2CCN(c3ccc(Br)cn3)CC2)COC1. The van der Waals surface area contributed by atoms with Crippen molar-refractivity contribution in [2.75, 3.05) is 44.3 Å². The molecule has 2 aliphatic heterocycles. The zero-order valence-corrected chi connectivity index (χ0v) is 12.2. The van der Waals surface area contributed by atoms with E-state index in [1.807, 2.05) is 6.20 Å². The fourth-order valence-corrected chi connectivity index (χ4v) is 2.85. The van der Waals surface area contributed by atoms with Crippen molar-refractivity contribution in [2.24, 2.45) is 0 Å². The lowest BCUT2D eigenvalue weighted by molar-refractivity contribution is -0.131. The second-order valence-corrected chi connectivity index (χ2v) is 6.21. The monoisotopic (exact) mass is 311 g/mol. The van der Waals surface area contributed by atoms with Crippen molar-refractivity contribution in [3.05, 3.63) is 22.8 Å². The second-order valence-electron chi connectivity index (χ2n) is 5.30. The molecule has 4 nitrogen and oxygen atoms in total. The average molecular weight is 312 g/mol. The van der Waals surface area contributed by atoms with Gasteiger partial charge in [-0.2, -0.15) is 0 Å². The predicted octanol–water partition coefficient (Wildman–Crippen LogP) is 1.76. The molecule has 98 valence electrons. The van der Waals surface area contributed by atoms with E-state index in [4.69, 9.17) is 4.74 Å². The first-order valence-electron chi connectivity index (χ1n) is 6.37. The van der Waals surface area contributed by atoms with Gasteiger partial charge in [-0.15, -0.1) is 0 Å². The summed E-state index contributed by atoms with van der Waals surface area (Å²) in [5.74, 6) is 1.08. The summed E-state index contributed by atoms with van der Waals surface area (Å²) in [5.41, 5.74) is 0.277. The number of ether oxygens (including phenoxy) is 1. The Labute approximate surface area is 116 Å². The smallest absolute Gasteiger partial charge is 0.128 e. The second kappa shape index (κ2) is 4.79. The Balaban J connectivity index is 1.61. The van der Waals surface area contributed by atoms with Gasteiger partial charge in [-0.25, -0.2) is 4.98 Å². The number of anilines is 1. The van der Waals surface area contributed by atoms with E-state index in [0.29, 0.717) is 0 Å². The first kappa shape index (κ1) is 12.4. The minimum Gasteiger partial charge on any atom is -0.377 e. The Morgan fingerprint density at radius 1 is 1.22 bits per heavy atom. The average Bonchev–Trinajstić information content (AvgIpc) is 2.37. The third kappa shape index (κ3) is 2.27. The van der Waals surface area contributed by atoms with Crippen molar-refractivity contribution in [3.63, 3.8) is 0 Å². The normalized spacial score (nSPS) is 23.8. The molecule has 0 bridgehead atoms. The lowest BCUT2D eigenvalue weighted by Crippen LogP contribution is -2.64. The standard InChI is InChI=1S/C13H18BrN3O/c1-13(9-18-10-13)17-6-4-16(5-7-17)12-3-2-11(14)8-15-12/h2-3,8H,4-7,9-10H2,1H3. The molecule has 2 fully saturated rings. The zero-order chi connectivity index (χ0) is 12.6. The molecule has 1 aromatic rings. The van der Waals surface area contributed by atoms with Gasteiger partial charge in [0.15, 0.2) is 0 Å². The highest BCUT2D eigenvalue weighted by Crippen LogP contribution is 2.26. The van der Waals surface area contributed by atoms with Gasteiger partial charge in [0.05, 0.1) is 18.8 Å². The molecular weight excluding hydrogens is 294 g/mol. The van der Waals surface area contributed by atoms with E-state index in [2.05, 4.69) is 49.8 Å². The molecule has 0 aromatic carbocycles. The van der Waals surface area contributed by atoms with Gasteiger partial charge in [-0.05, 0) is 35.0 Å². The fourth-order valence-electron chi connectivity index (χ4n) is 2.61. The van der Waals surface area contributed by atoms with Crippen molar-refractivity contribution in [2.45, 2.75) is 12.5 Å². The molecule has 18 heavy (non-hydrogen) atoms. The van der Waals surface area contributed by atoms with Crippen LogP contribution in [0.15, 0.2) is 22.8 Å². The van der Waals surface area contributed by atoms with Crippen LogP contribution in [0.25, 0.3) is 0 Å². The molecular formula is C13H18BrN3O. The van der Waals surface area contributed by atoms with Crippen LogP contribution < -0.4 is 4.90 Å². The van der Waals surface area contributed by atoms with Crippen LogP contribution in [0.5, 0.6) is 0 Å². The van der Waals surface area contributed by atoms with Gasteiger partial charge >= 0.3 is 0 Å². The molecule has 0 saturated carbocycles. The van der Waals surface area contributed by atoms with Crippen LogP contribution in [0, 0.1) is 0 Å². The largest absolute Gasteiger partial charge is 0.377 e. The predicted molar refractivity (Wildman–Crippen MR) is 74.9 cm³/mol. The molecule has 3 rings (SSSR count). The molecule has 3 heterocycles. The number of piperazine rings is 1. The maximum Gasteiger partial charge on any atom is 0.128 e. The van der Waals surface area contributed by atoms with E-state index in [1.54, 1.807) is 0 Å². The molecule has 2 aliphatic rings. The lowest BCUT2D eigenvalue weighted by atomic mass is 9.97. The highest BCUT2D eigenvalue weighted by molar-refractivity contribution is 9.10. The summed E-state index contributed by atoms with van der Waals surface area (Å²) >= 11 is 3.42. The number of aromatic nitrogens is 1. The van der Waals surface area contributed by atoms with Crippen molar-refractivity contribution < 1.29 is 4.74 Å². The van der Waals surface area contributed by atoms with Crippen molar-refractivity contribution in [3.8, 4) is 0 Å². The van der Waals surface area contributed by atoms with Crippen LogP contribution in [-0.4, -0.2) is 54.8 Å². The van der Waals surface area contributed by atoms with E-state index < -0.39 is 0 Å². The van der Waals surface area contributed by atoms with Crippen LogP contribution in [-0.2, 0) is 4.74 Å². The van der Waals surface area contributed by atoms with Crippen LogP contribution in [0.1, 0.15) is 6.92 Å². The summed E-state index contributed by atoms with van der Waals surface area (Å²) < 4.78 is 6.37. The van der Waals surface area contributed by atoms with Gasteiger partial charge in [0.2, 0.25) is 0 Å². The summed E-state index contributed by atoms with van der Waals surface area (Å²) in [7, 11) is 0. The Morgan fingerprint density at radius 2 is 1.94 bits per heavy atom. The summed E-state index contributed by atoms with van der Waals surface area (Å²) in [6.07, 6.45) is 1.86. The first-order chi connectivity index (χ1) is 8.67. The maximum atomic E-state index is 5.34. The van der Waals surface area contributed by atoms with Gasteiger partial charge in [-0.3, -0.25) is 4.90 Å². The number of rotatable bonds is 2. The molecule has 0 atom stereocenters. The molecule has 0 unspecified atom stereocenters. The third-order valence-electron chi connectivity index (χ3n) is 3.90. The Hall–Kier alpha value is -0.650. The van der Waals surface area contributed by atoms with Crippen molar-refractivity contribution in [1.29, 1.82) is 0 Å². The van der Waals surface area contributed by atoms with Crippen LogP contribution in [0.3, 0.4) is 0 Å².